The summed E-state index contributed by atoms with van der Waals surface area (Å²) in [5.74, 6) is -0.351. The molecular weight excluding hydrogens is 216 g/mol. The highest BCUT2D eigenvalue weighted by atomic mass is 16.5. The number of unbranched alkanes of at least 4 members (excludes halogenated alkanes) is 2. The maximum atomic E-state index is 11.9. The molecule has 0 aliphatic carbocycles. The van der Waals surface area contributed by atoms with Gasteiger partial charge in [0.25, 0.3) is 0 Å². The molecule has 0 aliphatic heterocycles. The van der Waals surface area contributed by atoms with Gasteiger partial charge < -0.3 is 4.74 Å². The van der Waals surface area contributed by atoms with Crippen LogP contribution in [0.5, 0.6) is 0 Å². The summed E-state index contributed by atoms with van der Waals surface area (Å²) < 4.78 is 4.46. The second-order valence-electron chi connectivity index (χ2n) is 4.24. The highest BCUT2D eigenvalue weighted by Gasteiger charge is 2.14. The third-order valence-electron chi connectivity index (χ3n) is 2.80. The van der Waals surface area contributed by atoms with Crippen LogP contribution in [-0.2, 0) is 14.3 Å². The van der Waals surface area contributed by atoms with Crippen LogP contribution in [-0.4, -0.2) is 18.9 Å². The molecule has 0 spiro atoms. The number of methoxy groups -OCH3 is 1. The van der Waals surface area contributed by atoms with Gasteiger partial charge in [0, 0.05) is 12.0 Å². The average molecular weight is 240 g/mol. The number of hydrogen-bond donors (Lipinski definition) is 0. The monoisotopic (exact) mass is 240 g/mol. The van der Waals surface area contributed by atoms with Crippen molar-refractivity contribution in [1.29, 1.82) is 0 Å². The van der Waals surface area contributed by atoms with Crippen LogP contribution in [0.1, 0.15) is 52.4 Å². The lowest BCUT2D eigenvalue weighted by Gasteiger charge is -2.12. The summed E-state index contributed by atoms with van der Waals surface area (Å²) in [7, 11) is 1.31. The van der Waals surface area contributed by atoms with Crippen molar-refractivity contribution in [3.8, 4) is 0 Å². The fraction of sp³-hybridized carbons (Fsp3) is 0.714. The molecule has 0 saturated carbocycles. The van der Waals surface area contributed by atoms with E-state index >= 15 is 0 Å². The first-order valence-electron chi connectivity index (χ1n) is 6.45. The summed E-state index contributed by atoms with van der Waals surface area (Å²) in [5, 5.41) is 0. The van der Waals surface area contributed by atoms with E-state index in [1.165, 1.54) is 19.3 Å². The van der Waals surface area contributed by atoms with Crippen molar-refractivity contribution >= 4 is 11.8 Å². The minimum atomic E-state index is -0.469. The Morgan fingerprint density at radius 3 is 2.00 bits per heavy atom. The van der Waals surface area contributed by atoms with E-state index in [-0.39, 0.29) is 11.7 Å². The summed E-state index contributed by atoms with van der Waals surface area (Å²) in [6, 6.07) is 0. The predicted molar refractivity (Wildman–Crippen MR) is 68.7 cm³/mol. The van der Waals surface area contributed by atoms with Gasteiger partial charge in [-0.25, -0.2) is 4.79 Å². The van der Waals surface area contributed by atoms with E-state index in [9.17, 15) is 9.59 Å². The molecule has 17 heavy (non-hydrogen) atoms. The summed E-state index contributed by atoms with van der Waals surface area (Å²) in [6.45, 7) is 4.23. The number of hydrogen-bond acceptors (Lipinski definition) is 3. The first-order valence-corrected chi connectivity index (χ1v) is 6.45. The first-order chi connectivity index (χ1) is 8.15. The van der Waals surface area contributed by atoms with Crippen LogP contribution < -0.4 is 0 Å². The Bertz CT molecular complexity index is 248. The quantitative estimate of drug-likeness (QED) is 0.459. The van der Waals surface area contributed by atoms with Gasteiger partial charge in [-0.05, 0) is 18.9 Å². The van der Waals surface area contributed by atoms with Gasteiger partial charge in [0.1, 0.15) is 0 Å². The molecule has 0 rings (SSSR count). The Morgan fingerprint density at radius 1 is 1.06 bits per heavy atom. The van der Waals surface area contributed by atoms with Crippen molar-refractivity contribution in [2.45, 2.75) is 52.4 Å². The van der Waals surface area contributed by atoms with Gasteiger partial charge in [-0.2, -0.15) is 0 Å². The molecule has 0 unspecified atom stereocenters. The van der Waals surface area contributed by atoms with E-state index in [1.807, 2.05) is 0 Å². The van der Waals surface area contributed by atoms with Crippen molar-refractivity contribution in [3.05, 3.63) is 12.2 Å². The second-order valence-corrected chi connectivity index (χ2v) is 4.24. The molecule has 0 aromatic heterocycles. The number of ketones is 1. The highest BCUT2D eigenvalue weighted by molar-refractivity contribution is 5.97. The third-order valence-corrected chi connectivity index (χ3v) is 2.80. The smallest absolute Gasteiger partial charge is 0.330 e. The molecule has 0 heterocycles. The lowest BCUT2D eigenvalue weighted by Crippen LogP contribution is -2.13. The number of carbonyl (C=O) groups excluding carboxylic acids is 2. The number of esters is 1. The normalized spacial score (nSPS) is 11.1. The number of allylic oxidation sites excluding steroid dienone is 1. The minimum Gasteiger partial charge on any atom is -0.466 e. The summed E-state index contributed by atoms with van der Waals surface area (Å²) in [4.78, 5) is 22.8. The van der Waals surface area contributed by atoms with Crippen molar-refractivity contribution < 1.29 is 14.3 Å². The molecule has 0 saturated heterocycles. The van der Waals surface area contributed by atoms with E-state index in [1.54, 1.807) is 0 Å². The van der Waals surface area contributed by atoms with Crippen LogP contribution in [0.25, 0.3) is 0 Å². The van der Waals surface area contributed by atoms with E-state index in [0.717, 1.165) is 38.5 Å². The lowest BCUT2D eigenvalue weighted by atomic mass is 9.92. The Hall–Kier alpha value is -1.12. The molecule has 0 aromatic carbocycles. The van der Waals surface area contributed by atoms with Crippen molar-refractivity contribution in [1.82, 2.24) is 0 Å². The SMILES string of the molecule is CCCCC(CCCC)C(=O)/C=C/C(=O)OC. The summed E-state index contributed by atoms with van der Waals surface area (Å²) in [6.07, 6.45) is 8.72. The highest BCUT2D eigenvalue weighted by Crippen LogP contribution is 2.17. The largest absolute Gasteiger partial charge is 0.466 e. The maximum absolute atomic E-state index is 11.9. The Kier molecular flexibility index (Phi) is 9.40. The molecule has 0 N–H and O–H groups in total. The van der Waals surface area contributed by atoms with E-state index in [0.29, 0.717) is 0 Å². The van der Waals surface area contributed by atoms with Crippen LogP contribution in [0.3, 0.4) is 0 Å². The zero-order chi connectivity index (χ0) is 13.1. The lowest BCUT2D eigenvalue weighted by molar-refractivity contribution is -0.135. The maximum Gasteiger partial charge on any atom is 0.330 e. The zero-order valence-electron chi connectivity index (χ0n) is 11.2. The number of ether oxygens (including phenoxy) is 1. The molecule has 0 amide bonds. The molecule has 0 aromatic rings. The van der Waals surface area contributed by atoms with Gasteiger partial charge in [-0.15, -0.1) is 0 Å². The second kappa shape index (κ2) is 10.1. The van der Waals surface area contributed by atoms with Crippen LogP contribution in [0, 0.1) is 5.92 Å². The topological polar surface area (TPSA) is 43.4 Å². The third kappa shape index (κ3) is 7.72. The van der Waals surface area contributed by atoms with Gasteiger partial charge in [-0.1, -0.05) is 39.5 Å². The van der Waals surface area contributed by atoms with Gasteiger partial charge in [0.05, 0.1) is 7.11 Å². The van der Waals surface area contributed by atoms with Crippen LogP contribution >= 0.6 is 0 Å². The Balaban J connectivity index is 4.29. The van der Waals surface area contributed by atoms with Gasteiger partial charge in [0.2, 0.25) is 0 Å². The van der Waals surface area contributed by atoms with Crippen molar-refractivity contribution in [2.24, 2.45) is 5.92 Å². The van der Waals surface area contributed by atoms with Crippen molar-refractivity contribution in [3.63, 3.8) is 0 Å². The van der Waals surface area contributed by atoms with Crippen LogP contribution in [0.2, 0.25) is 0 Å². The average Bonchev–Trinajstić information content (AvgIpc) is 2.35. The Morgan fingerprint density at radius 2 is 1.59 bits per heavy atom. The summed E-state index contributed by atoms with van der Waals surface area (Å²) >= 11 is 0. The molecule has 0 fully saturated rings. The standard InChI is InChI=1S/C14H24O3/c1-4-6-8-12(9-7-5-2)13(15)10-11-14(16)17-3/h10-12H,4-9H2,1-3H3/b11-10+. The zero-order valence-corrected chi connectivity index (χ0v) is 11.2. The molecule has 0 atom stereocenters. The fourth-order valence-electron chi connectivity index (χ4n) is 1.68. The van der Waals surface area contributed by atoms with E-state index in [4.69, 9.17) is 0 Å². The molecule has 3 nitrogen and oxygen atoms in total. The molecule has 0 aliphatic rings. The first kappa shape index (κ1) is 15.9. The molecule has 0 bridgehead atoms. The molecule has 98 valence electrons. The van der Waals surface area contributed by atoms with Crippen LogP contribution in [0.4, 0.5) is 0 Å². The Labute approximate surface area is 104 Å². The molecule has 3 heteroatoms. The number of rotatable bonds is 9. The van der Waals surface area contributed by atoms with E-state index in [2.05, 4.69) is 18.6 Å². The van der Waals surface area contributed by atoms with Gasteiger partial charge in [0.15, 0.2) is 5.78 Å². The van der Waals surface area contributed by atoms with Crippen LogP contribution in [0.15, 0.2) is 12.2 Å². The van der Waals surface area contributed by atoms with E-state index < -0.39 is 5.97 Å². The summed E-state index contributed by atoms with van der Waals surface area (Å²) in [5.41, 5.74) is 0. The molecular formula is C14H24O3. The predicted octanol–water partition coefficient (Wildman–Crippen LogP) is 3.28. The number of carbonyl (C=O) groups is 2. The minimum absolute atomic E-state index is 0.0531. The van der Waals surface area contributed by atoms with Crippen molar-refractivity contribution in [2.75, 3.05) is 7.11 Å². The van der Waals surface area contributed by atoms with Gasteiger partial charge in [-0.3, -0.25) is 4.79 Å². The molecule has 0 radical (unpaired) electrons. The fourth-order valence-corrected chi connectivity index (χ4v) is 1.68. The van der Waals surface area contributed by atoms with Gasteiger partial charge >= 0.3 is 5.97 Å².